The number of likely N-dealkylation sites (tertiary alicyclic amines) is 1. The fourth-order valence-electron chi connectivity index (χ4n) is 2.04. The van der Waals surface area contributed by atoms with Gasteiger partial charge in [0.25, 0.3) is 0 Å². The van der Waals surface area contributed by atoms with Gasteiger partial charge in [-0.15, -0.1) is 0 Å². The fourth-order valence-corrected chi connectivity index (χ4v) is 2.17. The van der Waals surface area contributed by atoms with E-state index in [1.54, 1.807) is 11.1 Å². The highest BCUT2D eigenvalue weighted by Crippen LogP contribution is 2.18. The molecule has 2 heterocycles. The van der Waals surface area contributed by atoms with Gasteiger partial charge in [0.1, 0.15) is 10.8 Å². The van der Waals surface area contributed by atoms with Crippen molar-refractivity contribution < 1.29 is 9.53 Å². The summed E-state index contributed by atoms with van der Waals surface area (Å²) in [6.07, 6.45) is 2.22. The maximum atomic E-state index is 12.0. The molecule has 1 amide bonds. The van der Waals surface area contributed by atoms with E-state index < -0.39 is 5.60 Å². The number of nitrogens with zero attached hydrogens (tertiary/aromatic N) is 3. The molecule has 1 saturated heterocycles. The molecule has 7 heteroatoms. The Balaban J connectivity index is 1.90. The first-order chi connectivity index (χ1) is 9.74. The van der Waals surface area contributed by atoms with Crippen molar-refractivity contribution in [2.45, 2.75) is 45.8 Å². The highest BCUT2D eigenvalue weighted by atomic mass is 35.5. The van der Waals surface area contributed by atoms with E-state index in [1.807, 2.05) is 27.7 Å². The predicted molar refractivity (Wildman–Crippen MR) is 81.6 cm³/mol. The van der Waals surface area contributed by atoms with Gasteiger partial charge in [-0.25, -0.2) is 14.8 Å². The number of carbonyl (C=O) groups is 1. The summed E-state index contributed by atoms with van der Waals surface area (Å²) in [5, 5.41) is 3.64. The highest BCUT2D eigenvalue weighted by molar-refractivity contribution is 6.30. The molecule has 1 N–H and O–H groups in total. The molecule has 1 fully saturated rings. The van der Waals surface area contributed by atoms with Crippen molar-refractivity contribution in [2.75, 3.05) is 18.4 Å². The zero-order valence-electron chi connectivity index (χ0n) is 12.8. The van der Waals surface area contributed by atoms with Crippen LogP contribution in [0, 0.1) is 6.92 Å². The molecule has 1 atom stereocenters. The summed E-state index contributed by atoms with van der Waals surface area (Å²) in [7, 11) is 0. The van der Waals surface area contributed by atoms with Gasteiger partial charge in [0.05, 0.1) is 0 Å². The summed E-state index contributed by atoms with van der Waals surface area (Å²) in [6, 6.07) is 0.108. The summed E-state index contributed by atoms with van der Waals surface area (Å²) in [5.41, 5.74) is 0.361. The molecule has 1 aromatic heterocycles. The Kier molecular flexibility index (Phi) is 4.56. The molecule has 0 radical (unpaired) electrons. The predicted octanol–water partition coefficient (Wildman–Crippen LogP) is 2.86. The zero-order chi connectivity index (χ0) is 15.6. The van der Waals surface area contributed by atoms with Gasteiger partial charge < -0.3 is 15.0 Å². The monoisotopic (exact) mass is 312 g/mol. The Labute approximate surface area is 129 Å². The lowest BCUT2D eigenvalue weighted by Crippen LogP contribution is -2.36. The number of hydrogen-bond acceptors (Lipinski definition) is 5. The standard InChI is InChI=1S/C14H21ClN4O2/c1-9-7-16-12(18-11(9)15)17-10-5-6-19(8-10)13(20)21-14(2,3)4/h7,10H,5-6,8H2,1-4H3,(H,16,17,18). The first kappa shape index (κ1) is 15.8. The van der Waals surface area contributed by atoms with Crippen LogP contribution in [0.2, 0.25) is 5.15 Å². The lowest BCUT2D eigenvalue weighted by Gasteiger charge is -2.24. The normalized spacial score (nSPS) is 18.7. The number of aryl methyl sites for hydroxylation is 1. The number of anilines is 1. The van der Waals surface area contributed by atoms with E-state index >= 15 is 0 Å². The molecular weight excluding hydrogens is 292 g/mol. The molecule has 1 aliphatic rings. The molecule has 6 nitrogen and oxygen atoms in total. The second-order valence-electron chi connectivity index (χ2n) is 6.22. The lowest BCUT2D eigenvalue weighted by molar-refractivity contribution is 0.0293. The van der Waals surface area contributed by atoms with Crippen LogP contribution in [0.5, 0.6) is 0 Å². The minimum Gasteiger partial charge on any atom is -0.444 e. The lowest BCUT2D eigenvalue weighted by atomic mass is 10.2. The topological polar surface area (TPSA) is 67.4 Å². The SMILES string of the molecule is Cc1cnc(NC2CCN(C(=O)OC(C)(C)C)C2)nc1Cl. The Morgan fingerprint density at radius 2 is 2.24 bits per heavy atom. The average molecular weight is 313 g/mol. The van der Waals surface area contributed by atoms with Gasteiger partial charge >= 0.3 is 6.09 Å². The number of amides is 1. The number of ether oxygens (including phenoxy) is 1. The molecular formula is C14H21ClN4O2. The van der Waals surface area contributed by atoms with Crippen molar-refractivity contribution in [1.29, 1.82) is 0 Å². The number of halogens is 1. The Bertz CT molecular complexity index is 530. The third-order valence-corrected chi connectivity index (χ3v) is 3.47. The van der Waals surface area contributed by atoms with Crippen molar-refractivity contribution in [3.63, 3.8) is 0 Å². The molecule has 0 aliphatic carbocycles. The van der Waals surface area contributed by atoms with Gasteiger partial charge in [-0.3, -0.25) is 0 Å². The summed E-state index contributed by atoms with van der Waals surface area (Å²) < 4.78 is 5.36. The second kappa shape index (κ2) is 6.05. The number of carbonyl (C=O) groups excluding carboxylic acids is 1. The molecule has 1 unspecified atom stereocenters. The summed E-state index contributed by atoms with van der Waals surface area (Å²) >= 11 is 5.98. The van der Waals surface area contributed by atoms with E-state index in [-0.39, 0.29) is 12.1 Å². The third kappa shape index (κ3) is 4.46. The van der Waals surface area contributed by atoms with Gasteiger partial charge in [-0.2, -0.15) is 0 Å². The number of aromatic nitrogens is 2. The third-order valence-electron chi connectivity index (χ3n) is 3.08. The van der Waals surface area contributed by atoms with E-state index in [0.717, 1.165) is 12.0 Å². The van der Waals surface area contributed by atoms with Gasteiger partial charge in [-0.05, 0) is 34.1 Å². The smallest absolute Gasteiger partial charge is 0.410 e. The Morgan fingerprint density at radius 3 is 2.86 bits per heavy atom. The second-order valence-corrected chi connectivity index (χ2v) is 6.58. The van der Waals surface area contributed by atoms with E-state index in [2.05, 4.69) is 15.3 Å². The van der Waals surface area contributed by atoms with Crippen molar-refractivity contribution in [2.24, 2.45) is 0 Å². The average Bonchev–Trinajstić information content (AvgIpc) is 2.80. The van der Waals surface area contributed by atoms with Crippen molar-refractivity contribution in [1.82, 2.24) is 14.9 Å². The van der Waals surface area contributed by atoms with Gasteiger partial charge in [0.15, 0.2) is 0 Å². The van der Waals surface area contributed by atoms with Gasteiger partial charge in [0.2, 0.25) is 5.95 Å². The first-order valence-corrected chi connectivity index (χ1v) is 7.36. The van der Waals surface area contributed by atoms with Crippen molar-refractivity contribution in [3.05, 3.63) is 16.9 Å². The highest BCUT2D eigenvalue weighted by Gasteiger charge is 2.30. The molecule has 1 aliphatic heterocycles. The minimum absolute atomic E-state index is 0.108. The largest absolute Gasteiger partial charge is 0.444 e. The van der Waals surface area contributed by atoms with Crippen LogP contribution in [0.4, 0.5) is 10.7 Å². The van der Waals surface area contributed by atoms with Gasteiger partial charge in [-0.1, -0.05) is 11.6 Å². The summed E-state index contributed by atoms with van der Waals surface area (Å²) in [5.74, 6) is 0.488. The van der Waals surface area contributed by atoms with Crippen LogP contribution >= 0.6 is 11.6 Å². The van der Waals surface area contributed by atoms with Crippen LogP contribution in [-0.4, -0.2) is 45.7 Å². The van der Waals surface area contributed by atoms with E-state index in [1.165, 1.54) is 0 Å². The molecule has 1 aromatic rings. The fraction of sp³-hybridized carbons (Fsp3) is 0.643. The van der Waals surface area contributed by atoms with Crippen LogP contribution < -0.4 is 5.32 Å². The van der Waals surface area contributed by atoms with Crippen LogP contribution in [0.1, 0.15) is 32.8 Å². The molecule has 2 rings (SSSR count). The van der Waals surface area contributed by atoms with Crippen LogP contribution in [0.25, 0.3) is 0 Å². The summed E-state index contributed by atoms with van der Waals surface area (Å²) in [6.45, 7) is 8.67. The van der Waals surface area contributed by atoms with Crippen molar-refractivity contribution in [3.8, 4) is 0 Å². The Hall–Kier alpha value is -1.56. The van der Waals surface area contributed by atoms with Crippen LogP contribution in [0.3, 0.4) is 0 Å². The minimum atomic E-state index is -0.476. The molecule has 0 bridgehead atoms. The van der Waals surface area contributed by atoms with E-state index in [9.17, 15) is 4.79 Å². The van der Waals surface area contributed by atoms with Crippen LogP contribution in [0.15, 0.2) is 6.20 Å². The van der Waals surface area contributed by atoms with E-state index in [4.69, 9.17) is 16.3 Å². The quantitative estimate of drug-likeness (QED) is 0.851. The summed E-state index contributed by atoms with van der Waals surface area (Å²) in [4.78, 5) is 22.0. The van der Waals surface area contributed by atoms with Crippen molar-refractivity contribution >= 4 is 23.6 Å². The number of nitrogens with one attached hydrogen (secondary N) is 1. The van der Waals surface area contributed by atoms with E-state index in [0.29, 0.717) is 24.2 Å². The van der Waals surface area contributed by atoms with Crippen LogP contribution in [-0.2, 0) is 4.74 Å². The maximum absolute atomic E-state index is 12.0. The molecule has 21 heavy (non-hydrogen) atoms. The molecule has 0 aromatic carbocycles. The molecule has 0 saturated carbocycles. The first-order valence-electron chi connectivity index (χ1n) is 6.98. The van der Waals surface area contributed by atoms with Gasteiger partial charge in [0, 0.05) is 30.9 Å². The molecule has 116 valence electrons. The number of hydrogen-bond donors (Lipinski definition) is 1. The zero-order valence-corrected chi connectivity index (χ0v) is 13.6. The Morgan fingerprint density at radius 1 is 1.52 bits per heavy atom. The number of rotatable bonds is 2. The maximum Gasteiger partial charge on any atom is 0.410 e. The molecule has 0 spiro atoms.